The van der Waals surface area contributed by atoms with Crippen LogP contribution in [-0.4, -0.2) is 0 Å². The van der Waals surface area contributed by atoms with Crippen LogP contribution in [0.1, 0.15) is 55.7 Å². The lowest BCUT2D eigenvalue weighted by Crippen LogP contribution is -2.49. The minimum absolute atomic E-state index is 0.0398. The quantitative estimate of drug-likeness (QED) is 0.201. The normalized spacial score (nSPS) is 22.4. The predicted octanol–water partition coefficient (Wildman–Crippen LogP) is 12.4. The topological polar surface area (TPSA) is 12.0 Å². The first-order valence-corrected chi connectivity index (χ1v) is 17.2. The fraction of sp³-hybridized carbons (Fsp3) is 0.244. The van der Waals surface area contributed by atoms with Crippen LogP contribution in [0.25, 0.3) is 33.0 Å². The van der Waals surface area contributed by atoms with Crippen molar-refractivity contribution in [1.29, 1.82) is 0 Å². The molecule has 1 N–H and O–H groups in total. The van der Waals surface area contributed by atoms with Gasteiger partial charge in [-0.25, -0.2) is 0 Å². The van der Waals surface area contributed by atoms with Crippen molar-refractivity contribution in [3.05, 3.63) is 156 Å². The first-order valence-electron chi connectivity index (χ1n) is 17.2. The highest BCUT2D eigenvalue weighted by Gasteiger charge is 2.52. The van der Waals surface area contributed by atoms with Gasteiger partial charge in [-0.1, -0.05) is 135 Å². The summed E-state index contributed by atoms with van der Waals surface area (Å²) in [6.45, 7) is 4.88. The van der Waals surface area contributed by atoms with Crippen LogP contribution in [0.15, 0.2) is 140 Å². The molecule has 6 aromatic rings. The zero-order chi connectivity index (χ0) is 31.1. The minimum Gasteiger partial charge on any atom is -0.355 e. The van der Waals surface area contributed by atoms with Crippen LogP contribution in [0.3, 0.4) is 0 Å². The molecule has 2 aliphatic carbocycles. The van der Waals surface area contributed by atoms with E-state index >= 15 is 0 Å². The average Bonchev–Trinajstić information content (AvgIpc) is 3.10. The number of hydrogen-bond acceptors (Lipinski definition) is 1. The third-order valence-electron chi connectivity index (χ3n) is 11.3. The molecule has 1 nitrogen and oxygen atoms in total. The maximum atomic E-state index is 3.79. The standard InChI is InChI=1S/C45H43N/c1-31-22-23-36(30-43(31)45(37-15-4-3-5-16-37)32(2)28-33-12-10-17-38(45)29-33)42-19-8-9-21-44(42)46-39-26-24-35(25-27-39)41-20-11-14-34-13-6-7-18-40(34)41/h3-9,11,13-16,18-27,30,32-33,38,46H,10,12,17,28-29H2,1-2H3. The smallest absolute Gasteiger partial charge is 0.0463 e. The third-order valence-corrected chi connectivity index (χ3v) is 11.3. The number of anilines is 2. The maximum absolute atomic E-state index is 3.79. The van der Waals surface area contributed by atoms with E-state index in [2.05, 4.69) is 159 Å². The zero-order valence-electron chi connectivity index (χ0n) is 27.0. The lowest BCUT2D eigenvalue weighted by molar-refractivity contribution is 0.0638. The van der Waals surface area contributed by atoms with Gasteiger partial charge in [-0.05, 0) is 112 Å². The van der Waals surface area contributed by atoms with Crippen molar-refractivity contribution < 1.29 is 0 Å². The fourth-order valence-corrected chi connectivity index (χ4v) is 9.33. The highest BCUT2D eigenvalue weighted by molar-refractivity contribution is 5.96. The van der Waals surface area contributed by atoms with Crippen molar-refractivity contribution in [3.8, 4) is 22.3 Å². The molecule has 2 aliphatic rings. The van der Waals surface area contributed by atoms with Gasteiger partial charge in [0.25, 0.3) is 0 Å². The van der Waals surface area contributed by atoms with Crippen molar-refractivity contribution in [2.75, 3.05) is 5.32 Å². The van der Waals surface area contributed by atoms with E-state index in [9.17, 15) is 0 Å². The van der Waals surface area contributed by atoms with Crippen LogP contribution < -0.4 is 5.32 Å². The molecule has 228 valence electrons. The van der Waals surface area contributed by atoms with E-state index in [4.69, 9.17) is 0 Å². The average molecular weight is 598 g/mol. The Labute approximate surface area is 274 Å². The van der Waals surface area contributed by atoms with Crippen LogP contribution >= 0.6 is 0 Å². The number of fused-ring (bicyclic) bond motifs is 3. The molecule has 8 rings (SSSR count). The van der Waals surface area contributed by atoms with Gasteiger partial charge in [0.05, 0.1) is 0 Å². The van der Waals surface area contributed by atoms with Gasteiger partial charge in [0.2, 0.25) is 0 Å². The molecular weight excluding hydrogens is 555 g/mol. The molecule has 2 bridgehead atoms. The summed E-state index contributed by atoms with van der Waals surface area (Å²) in [6, 6.07) is 51.7. The second-order valence-electron chi connectivity index (χ2n) is 13.9. The second kappa shape index (κ2) is 12.0. The summed E-state index contributed by atoms with van der Waals surface area (Å²) >= 11 is 0. The molecule has 0 radical (unpaired) electrons. The molecule has 0 heterocycles. The molecule has 0 amide bonds. The van der Waals surface area contributed by atoms with E-state index < -0.39 is 0 Å². The Balaban J connectivity index is 1.17. The molecular formula is C45H43N. The van der Waals surface area contributed by atoms with E-state index in [1.54, 1.807) is 0 Å². The first-order chi connectivity index (χ1) is 22.6. The van der Waals surface area contributed by atoms with E-state index in [1.807, 2.05) is 0 Å². The van der Waals surface area contributed by atoms with Crippen LogP contribution in [0, 0.1) is 24.7 Å². The summed E-state index contributed by atoms with van der Waals surface area (Å²) < 4.78 is 0. The Morgan fingerprint density at radius 3 is 2.22 bits per heavy atom. The summed E-state index contributed by atoms with van der Waals surface area (Å²) in [4.78, 5) is 0. The highest BCUT2D eigenvalue weighted by Crippen LogP contribution is 2.58. The highest BCUT2D eigenvalue weighted by atomic mass is 14.9. The zero-order valence-corrected chi connectivity index (χ0v) is 27.0. The first kappa shape index (κ1) is 28.8. The van der Waals surface area contributed by atoms with Gasteiger partial charge < -0.3 is 5.32 Å². The predicted molar refractivity (Wildman–Crippen MR) is 196 cm³/mol. The Morgan fingerprint density at radius 2 is 1.35 bits per heavy atom. The van der Waals surface area contributed by atoms with Gasteiger partial charge in [0.1, 0.15) is 0 Å². The van der Waals surface area contributed by atoms with Crippen molar-refractivity contribution in [1.82, 2.24) is 0 Å². The van der Waals surface area contributed by atoms with Crippen LogP contribution in [0.4, 0.5) is 11.4 Å². The molecule has 46 heavy (non-hydrogen) atoms. The summed E-state index contributed by atoms with van der Waals surface area (Å²) in [5, 5.41) is 6.34. The molecule has 6 aromatic carbocycles. The summed E-state index contributed by atoms with van der Waals surface area (Å²) in [5.41, 5.74) is 11.8. The van der Waals surface area contributed by atoms with Crippen molar-refractivity contribution in [3.63, 3.8) is 0 Å². The maximum Gasteiger partial charge on any atom is 0.0463 e. The van der Waals surface area contributed by atoms with Gasteiger partial charge in [0.15, 0.2) is 0 Å². The van der Waals surface area contributed by atoms with Crippen LogP contribution in [0.2, 0.25) is 0 Å². The molecule has 0 saturated heterocycles. The van der Waals surface area contributed by atoms with E-state index in [1.165, 1.54) is 81.8 Å². The molecule has 4 unspecified atom stereocenters. The van der Waals surface area contributed by atoms with Crippen molar-refractivity contribution in [2.24, 2.45) is 17.8 Å². The van der Waals surface area contributed by atoms with Crippen molar-refractivity contribution in [2.45, 2.75) is 51.4 Å². The fourth-order valence-electron chi connectivity index (χ4n) is 9.33. The molecule has 4 atom stereocenters. The number of benzene rings is 6. The van der Waals surface area contributed by atoms with E-state index in [0.29, 0.717) is 11.8 Å². The van der Waals surface area contributed by atoms with Crippen molar-refractivity contribution >= 4 is 22.1 Å². The SMILES string of the molecule is Cc1ccc(-c2ccccc2Nc2ccc(-c3cccc4ccccc34)cc2)cc1C1(c2ccccc2)C(C)CC2CCCC1C2. The number of nitrogens with one attached hydrogen (secondary N) is 1. The third kappa shape index (κ3) is 4.94. The number of aryl methyl sites for hydroxylation is 1. The lowest BCUT2D eigenvalue weighted by atomic mass is 9.49. The lowest BCUT2D eigenvalue weighted by Gasteiger charge is -2.55. The van der Waals surface area contributed by atoms with E-state index in [-0.39, 0.29) is 5.41 Å². The van der Waals surface area contributed by atoms with Crippen LogP contribution in [-0.2, 0) is 5.41 Å². The Hall–Kier alpha value is -4.62. The summed E-state index contributed by atoms with van der Waals surface area (Å²) in [7, 11) is 0. The van der Waals surface area contributed by atoms with Crippen LogP contribution in [0.5, 0.6) is 0 Å². The van der Waals surface area contributed by atoms with Gasteiger partial charge in [-0.2, -0.15) is 0 Å². The Kier molecular flexibility index (Phi) is 7.49. The Morgan fingerprint density at radius 1 is 0.630 bits per heavy atom. The summed E-state index contributed by atoms with van der Waals surface area (Å²) in [5.74, 6) is 2.16. The van der Waals surface area contributed by atoms with Gasteiger partial charge in [-0.3, -0.25) is 0 Å². The molecule has 2 saturated carbocycles. The Bertz CT molecular complexity index is 1980. The summed E-state index contributed by atoms with van der Waals surface area (Å²) in [6.07, 6.45) is 6.78. The minimum atomic E-state index is 0.0398. The van der Waals surface area contributed by atoms with Gasteiger partial charge >= 0.3 is 0 Å². The molecule has 0 aromatic heterocycles. The molecule has 2 fully saturated rings. The molecule has 0 spiro atoms. The largest absolute Gasteiger partial charge is 0.355 e. The monoisotopic (exact) mass is 597 g/mol. The van der Waals surface area contributed by atoms with E-state index in [0.717, 1.165) is 17.3 Å². The number of rotatable bonds is 6. The van der Waals surface area contributed by atoms with Gasteiger partial charge in [0, 0.05) is 22.4 Å². The molecule has 0 aliphatic heterocycles. The number of para-hydroxylation sites is 1. The second-order valence-corrected chi connectivity index (χ2v) is 13.9. The van der Waals surface area contributed by atoms with Gasteiger partial charge in [-0.15, -0.1) is 0 Å². The number of hydrogen-bond donors (Lipinski definition) is 1. The molecule has 1 heteroatoms.